The Kier molecular flexibility index (Phi) is 7.36. The van der Waals surface area contributed by atoms with Crippen LogP contribution in [0.5, 0.6) is 0 Å². The number of aryl methyl sites for hydroxylation is 1. The van der Waals surface area contributed by atoms with E-state index in [-0.39, 0.29) is 12.6 Å². The van der Waals surface area contributed by atoms with Crippen LogP contribution in [0.1, 0.15) is 12.5 Å². The van der Waals surface area contributed by atoms with E-state index in [9.17, 15) is 4.79 Å². The Morgan fingerprint density at radius 1 is 1.37 bits per heavy atom. The molecule has 2 N–H and O–H groups in total. The molecule has 0 saturated carbocycles. The Morgan fingerprint density at radius 2 is 2.05 bits per heavy atom. The maximum atomic E-state index is 11.9. The van der Waals surface area contributed by atoms with Crippen LogP contribution in [0.4, 0.5) is 10.5 Å². The fourth-order valence-corrected chi connectivity index (χ4v) is 2.14. The van der Waals surface area contributed by atoms with Crippen LogP contribution in [-0.4, -0.2) is 47.7 Å². The number of hydrogen-bond acceptors (Lipinski definition) is 3. The molecule has 1 rings (SSSR count). The first kappa shape index (κ1) is 15.9. The summed E-state index contributed by atoms with van der Waals surface area (Å²) in [5.41, 5.74) is 2.06. The molecule has 1 aromatic carbocycles. The van der Waals surface area contributed by atoms with Crippen LogP contribution in [0, 0.1) is 0 Å². The highest BCUT2D eigenvalue weighted by atomic mass is 32.2. The summed E-state index contributed by atoms with van der Waals surface area (Å²) < 4.78 is 0. The number of aliphatic hydroxyl groups is 1. The number of aliphatic hydroxyl groups excluding tert-OH is 1. The number of thioether (sulfide) groups is 1. The summed E-state index contributed by atoms with van der Waals surface area (Å²) in [5.74, 6) is 1.10. The van der Waals surface area contributed by atoms with E-state index in [1.54, 1.807) is 4.90 Å². The van der Waals surface area contributed by atoms with Gasteiger partial charge in [-0.3, -0.25) is 0 Å². The van der Waals surface area contributed by atoms with E-state index in [4.69, 9.17) is 5.11 Å². The summed E-state index contributed by atoms with van der Waals surface area (Å²) in [6, 6.07) is 7.73. The molecule has 0 fully saturated rings. The molecule has 106 valence electrons. The van der Waals surface area contributed by atoms with Crippen LogP contribution in [0.15, 0.2) is 24.3 Å². The minimum atomic E-state index is -0.173. The van der Waals surface area contributed by atoms with Crippen LogP contribution >= 0.6 is 11.8 Å². The Bertz CT molecular complexity index is 382. The van der Waals surface area contributed by atoms with Crippen molar-refractivity contribution in [1.29, 1.82) is 0 Å². The highest BCUT2D eigenvalue weighted by molar-refractivity contribution is 7.98. The number of rotatable bonds is 7. The minimum Gasteiger partial charge on any atom is -0.395 e. The van der Waals surface area contributed by atoms with Gasteiger partial charge in [-0.1, -0.05) is 12.1 Å². The number of carbonyl (C=O) groups is 1. The van der Waals surface area contributed by atoms with Gasteiger partial charge in [-0.25, -0.2) is 4.79 Å². The molecule has 0 atom stereocenters. The fraction of sp³-hybridized carbons (Fsp3) is 0.500. The molecule has 0 aliphatic heterocycles. The molecule has 0 spiro atoms. The van der Waals surface area contributed by atoms with E-state index in [1.807, 2.05) is 43.0 Å². The van der Waals surface area contributed by atoms with Gasteiger partial charge in [0.05, 0.1) is 6.61 Å². The number of carbonyl (C=O) groups excluding carboxylic acids is 1. The third kappa shape index (κ3) is 5.53. The highest BCUT2D eigenvalue weighted by Crippen LogP contribution is 2.12. The van der Waals surface area contributed by atoms with Crippen molar-refractivity contribution in [3.05, 3.63) is 29.8 Å². The van der Waals surface area contributed by atoms with Crippen molar-refractivity contribution in [1.82, 2.24) is 4.90 Å². The highest BCUT2D eigenvalue weighted by Gasteiger charge is 2.10. The lowest BCUT2D eigenvalue weighted by Crippen LogP contribution is -2.36. The van der Waals surface area contributed by atoms with Crippen molar-refractivity contribution in [3.8, 4) is 0 Å². The molecule has 0 aromatic heterocycles. The van der Waals surface area contributed by atoms with Crippen molar-refractivity contribution in [2.45, 2.75) is 13.3 Å². The summed E-state index contributed by atoms with van der Waals surface area (Å²) >= 11 is 1.82. The summed E-state index contributed by atoms with van der Waals surface area (Å²) in [5, 5.41) is 11.7. The van der Waals surface area contributed by atoms with Crippen LogP contribution in [0.3, 0.4) is 0 Å². The first-order valence-corrected chi connectivity index (χ1v) is 7.85. The largest absolute Gasteiger partial charge is 0.395 e. The molecule has 0 heterocycles. The van der Waals surface area contributed by atoms with Gasteiger partial charge in [0.2, 0.25) is 0 Å². The number of hydrogen-bond donors (Lipinski definition) is 2. The molecule has 0 saturated heterocycles. The van der Waals surface area contributed by atoms with Gasteiger partial charge in [0.1, 0.15) is 0 Å². The third-order valence-corrected chi connectivity index (χ3v) is 3.45. The zero-order valence-electron chi connectivity index (χ0n) is 11.6. The molecule has 19 heavy (non-hydrogen) atoms. The number of urea groups is 1. The minimum absolute atomic E-state index is 0.0190. The maximum absolute atomic E-state index is 11.9. The standard InChI is InChI=1S/C14H22N2O2S/c1-3-16(9-10-17)14(18)15-13-6-4-12(5-7-13)8-11-19-2/h4-7,17H,3,8-11H2,1-2H3,(H,15,18). The van der Waals surface area contributed by atoms with E-state index in [0.29, 0.717) is 13.1 Å². The van der Waals surface area contributed by atoms with Gasteiger partial charge in [0, 0.05) is 18.8 Å². The third-order valence-electron chi connectivity index (χ3n) is 2.84. The Labute approximate surface area is 119 Å². The molecule has 0 bridgehead atoms. The zero-order valence-corrected chi connectivity index (χ0v) is 12.4. The van der Waals surface area contributed by atoms with E-state index >= 15 is 0 Å². The van der Waals surface area contributed by atoms with E-state index < -0.39 is 0 Å². The summed E-state index contributed by atoms with van der Waals surface area (Å²) in [7, 11) is 0. The molecule has 0 unspecified atom stereocenters. The van der Waals surface area contributed by atoms with Crippen molar-refractivity contribution in [2.24, 2.45) is 0 Å². The number of anilines is 1. The first-order chi connectivity index (χ1) is 9.21. The number of likely N-dealkylation sites (N-methyl/N-ethyl adjacent to an activating group) is 1. The molecule has 4 nitrogen and oxygen atoms in total. The first-order valence-electron chi connectivity index (χ1n) is 6.46. The molecular weight excluding hydrogens is 260 g/mol. The summed E-state index contributed by atoms with van der Waals surface area (Å²) in [4.78, 5) is 13.5. The van der Waals surface area contributed by atoms with E-state index in [1.165, 1.54) is 5.56 Å². The molecule has 0 aliphatic carbocycles. The van der Waals surface area contributed by atoms with Gasteiger partial charge < -0.3 is 15.3 Å². The Balaban J connectivity index is 2.54. The second-order valence-corrected chi connectivity index (χ2v) is 5.16. The van der Waals surface area contributed by atoms with E-state index in [2.05, 4.69) is 11.6 Å². The van der Waals surface area contributed by atoms with Crippen LogP contribution < -0.4 is 5.32 Å². The average Bonchev–Trinajstić information content (AvgIpc) is 2.43. The lowest BCUT2D eigenvalue weighted by Gasteiger charge is -2.20. The van der Waals surface area contributed by atoms with Crippen LogP contribution in [-0.2, 0) is 6.42 Å². The maximum Gasteiger partial charge on any atom is 0.321 e. The lowest BCUT2D eigenvalue weighted by atomic mass is 10.1. The lowest BCUT2D eigenvalue weighted by molar-refractivity contribution is 0.192. The number of amides is 2. The Morgan fingerprint density at radius 3 is 2.58 bits per heavy atom. The second kappa shape index (κ2) is 8.82. The average molecular weight is 282 g/mol. The molecular formula is C14H22N2O2S. The van der Waals surface area contributed by atoms with E-state index in [0.717, 1.165) is 17.9 Å². The van der Waals surface area contributed by atoms with Crippen molar-refractivity contribution < 1.29 is 9.90 Å². The summed E-state index contributed by atoms with van der Waals surface area (Å²) in [6.45, 7) is 2.81. The smallest absolute Gasteiger partial charge is 0.321 e. The second-order valence-electron chi connectivity index (χ2n) is 4.17. The SMILES string of the molecule is CCN(CCO)C(=O)Nc1ccc(CCSC)cc1. The molecule has 0 aliphatic rings. The topological polar surface area (TPSA) is 52.6 Å². The van der Waals surface area contributed by atoms with Gasteiger partial charge in [0.25, 0.3) is 0 Å². The van der Waals surface area contributed by atoms with Gasteiger partial charge >= 0.3 is 6.03 Å². The monoisotopic (exact) mass is 282 g/mol. The quantitative estimate of drug-likeness (QED) is 0.807. The van der Waals surface area contributed by atoms with Crippen LogP contribution in [0.25, 0.3) is 0 Å². The molecule has 5 heteroatoms. The molecule has 0 radical (unpaired) electrons. The van der Waals surface area contributed by atoms with Gasteiger partial charge in [-0.15, -0.1) is 0 Å². The van der Waals surface area contributed by atoms with Crippen molar-refractivity contribution in [2.75, 3.05) is 37.0 Å². The number of nitrogens with zero attached hydrogens (tertiary/aromatic N) is 1. The molecule has 1 aromatic rings. The van der Waals surface area contributed by atoms with Crippen molar-refractivity contribution in [3.63, 3.8) is 0 Å². The fourth-order valence-electron chi connectivity index (χ4n) is 1.70. The predicted molar refractivity (Wildman–Crippen MR) is 81.9 cm³/mol. The zero-order chi connectivity index (χ0) is 14.1. The van der Waals surface area contributed by atoms with Gasteiger partial charge in [-0.05, 0) is 43.0 Å². The number of nitrogens with one attached hydrogen (secondary N) is 1. The van der Waals surface area contributed by atoms with Gasteiger partial charge in [-0.2, -0.15) is 11.8 Å². The summed E-state index contributed by atoms with van der Waals surface area (Å²) in [6.07, 6.45) is 3.13. The normalized spacial score (nSPS) is 10.3. The van der Waals surface area contributed by atoms with Gasteiger partial charge in [0.15, 0.2) is 0 Å². The predicted octanol–water partition coefficient (Wildman–Crippen LogP) is 2.44. The van der Waals surface area contributed by atoms with Crippen LogP contribution in [0.2, 0.25) is 0 Å². The number of benzene rings is 1. The van der Waals surface area contributed by atoms with Crippen molar-refractivity contribution >= 4 is 23.5 Å². The Hall–Kier alpha value is -1.20. The molecule has 2 amide bonds.